The van der Waals surface area contributed by atoms with E-state index in [0.717, 1.165) is 33.4 Å². The summed E-state index contributed by atoms with van der Waals surface area (Å²) in [7, 11) is 0. The van der Waals surface area contributed by atoms with Crippen LogP contribution in [0.15, 0.2) is 34.3 Å². The van der Waals surface area contributed by atoms with Crippen molar-refractivity contribution in [2.45, 2.75) is 27.7 Å². The highest BCUT2D eigenvalue weighted by Gasteiger charge is 2.11. The van der Waals surface area contributed by atoms with Crippen LogP contribution in [0.2, 0.25) is 0 Å². The first kappa shape index (κ1) is 15.6. The third kappa shape index (κ3) is 2.94. The lowest BCUT2D eigenvalue weighted by molar-refractivity contribution is 0.564. The average molecular weight is 292 g/mol. The van der Waals surface area contributed by atoms with Gasteiger partial charge in [-0.2, -0.15) is 9.98 Å². The minimum atomic E-state index is 0.594. The zero-order chi connectivity index (χ0) is 16.3. The lowest BCUT2D eigenvalue weighted by atomic mass is 9.92. The van der Waals surface area contributed by atoms with E-state index < -0.39 is 0 Å². The highest BCUT2D eigenvalue weighted by Crippen LogP contribution is 2.35. The van der Waals surface area contributed by atoms with E-state index in [1.54, 1.807) is 12.2 Å². The van der Waals surface area contributed by atoms with Crippen molar-refractivity contribution in [3.05, 3.63) is 46.5 Å². The molecule has 4 heteroatoms. The summed E-state index contributed by atoms with van der Waals surface area (Å²) in [5, 5.41) is 0. The van der Waals surface area contributed by atoms with Crippen molar-refractivity contribution in [2.75, 3.05) is 0 Å². The smallest absolute Gasteiger partial charge is 0.211 e. The number of benzene rings is 2. The Bertz CT molecular complexity index is 769. The van der Waals surface area contributed by atoms with Crippen LogP contribution in [0.5, 0.6) is 0 Å². The summed E-state index contributed by atoms with van der Waals surface area (Å²) in [6, 6.07) is 7.68. The molecule has 0 atom stereocenters. The second-order valence-corrected chi connectivity index (χ2v) is 5.31. The maximum atomic E-state index is 10.6. The van der Waals surface area contributed by atoms with Crippen molar-refractivity contribution in [3.63, 3.8) is 0 Å². The van der Waals surface area contributed by atoms with E-state index >= 15 is 0 Å². The van der Waals surface area contributed by atoms with Gasteiger partial charge in [0.1, 0.15) is 0 Å². The Balaban J connectivity index is 2.75. The van der Waals surface area contributed by atoms with Gasteiger partial charge >= 0.3 is 0 Å². The maximum Gasteiger partial charge on any atom is 0.240 e. The molecule has 0 amide bonds. The van der Waals surface area contributed by atoms with E-state index in [1.165, 1.54) is 0 Å². The summed E-state index contributed by atoms with van der Waals surface area (Å²) in [5.41, 5.74) is 7.07. The highest BCUT2D eigenvalue weighted by atomic mass is 16.1. The zero-order valence-electron chi connectivity index (χ0n) is 13.0. The molecule has 2 aromatic rings. The van der Waals surface area contributed by atoms with Crippen LogP contribution in [0.4, 0.5) is 11.4 Å². The van der Waals surface area contributed by atoms with E-state index in [1.807, 2.05) is 52.0 Å². The number of carbonyl (C=O) groups excluding carboxylic acids is 2. The standard InChI is InChI=1S/C18H16N2O2/c1-11-5-13(3)17(19-9-21)7-15(11)16-8-18(20-10-22)14(4)6-12(16)2/h5-8H,1-4H3. The molecule has 0 heterocycles. The van der Waals surface area contributed by atoms with Gasteiger partial charge in [0.05, 0.1) is 11.4 Å². The van der Waals surface area contributed by atoms with Gasteiger partial charge in [-0.25, -0.2) is 9.59 Å². The van der Waals surface area contributed by atoms with Crippen LogP contribution in [0.1, 0.15) is 22.3 Å². The van der Waals surface area contributed by atoms with Crippen molar-refractivity contribution < 1.29 is 9.59 Å². The lowest BCUT2D eigenvalue weighted by Gasteiger charge is -2.13. The van der Waals surface area contributed by atoms with Gasteiger partial charge in [-0.05, 0) is 73.2 Å². The number of hydrogen-bond donors (Lipinski definition) is 0. The van der Waals surface area contributed by atoms with Gasteiger partial charge in [0, 0.05) is 0 Å². The fourth-order valence-corrected chi connectivity index (χ4v) is 2.60. The van der Waals surface area contributed by atoms with Crippen molar-refractivity contribution >= 4 is 23.5 Å². The summed E-state index contributed by atoms with van der Waals surface area (Å²) in [6.07, 6.45) is 3.17. The first-order valence-electron chi connectivity index (χ1n) is 6.86. The van der Waals surface area contributed by atoms with Gasteiger partial charge < -0.3 is 0 Å². The summed E-state index contributed by atoms with van der Waals surface area (Å²) < 4.78 is 0. The second kappa shape index (κ2) is 6.31. The van der Waals surface area contributed by atoms with Crippen LogP contribution in [-0.2, 0) is 9.59 Å². The quantitative estimate of drug-likeness (QED) is 0.616. The van der Waals surface area contributed by atoms with Crippen LogP contribution < -0.4 is 0 Å². The molecule has 0 aromatic heterocycles. The molecule has 0 bridgehead atoms. The molecule has 22 heavy (non-hydrogen) atoms. The van der Waals surface area contributed by atoms with E-state index in [0.29, 0.717) is 11.4 Å². The molecule has 0 saturated heterocycles. The third-order valence-corrected chi connectivity index (χ3v) is 3.71. The number of rotatable bonds is 3. The molecular weight excluding hydrogens is 276 g/mol. The van der Waals surface area contributed by atoms with Gasteiger partial charge in [0.15, 0.2) is 0 Å². The molecule has 0 unspecified atom stereocenters. The van der Waals surface area contributed by atoms with Crippen LogP contribution in [-0.4, -0.2) is 12.2 Å². The molecule has 0 aliphatic carbocycles. The number of nitrogens with zero attached hydrogens (tertiary/aromatic N) is 2. The van der Waals surface area contributed by atoms with E-state index in [4.69, 9.17) is 0 Å². The van der Waals surface area contributed by atoms with Crippen molar-refractivity contribution in [1.82, 2.24) is 0 Å². The Labute approximate surface area is 129 Å². The fraction of sp³-hybridized carbons (Fsp3) is 0.222. The molecular formula is C18H16N2O2. The summed E-state index contributed by atoms with van der Waals surface area (Å²) in [4.78, 5) is 28.6. The number of aryl methyl sites for hydroxylation is 4. The Kier molecular flexibility index (Phi) is 4.47. The van der Waals surface area contributed by atoms with E-state index in [-0.39, 0.29) is 0 Å². The van der Waals surface area contributed by atoms with Gasteiger partial charge in [-0.1, -0.05) is 12.1 Å². The summed E-state index contributed by atoms with van der Waals surface area (Å²) >= 11 is 0. The molecule has 0 radical (unpaired) electrons. The monoisotopic (exact) mass is 292 g/mol. The maximum absolute atomic E-state index is 10.6. The third-order valence-electron chi connectivity index (χ3n) is 3.71. The first-order valence-corrected chi connectivity index (χ1v) is 6.86. The largest absolute Gasteiger partial charge is 0.240 e. The van der Waals surface area contributed by atoms with Gasteiger partial charge in [-0.15, -0.1) is 0 Å². The van der Waals surface area contributed by atoms with Crippen LogP contribution in [0.25, 0.3) is 11.1 Å². The van der Waals surface area contributed by atoms with Crippen molar-refractivity contribution in [1.29, 1.82) is 0 Å². The summed E-state index contributed by atoms with van der Waals surface area (Å²) in [5.74, 6) is 0. The summed E-state index contributed by atoms with van der Waals surface area (Å²) in [6.45, 7) is 7.80. The highest BCUT2D eigenvalue weighted by molar-refractivity contribution is 5.78. The molecule has 0 aliphatic rings. The molecule has 110 valence electrons. The molecule has 0 spiro atoms. The molecule has 0 fully saturated rings. The minimum absolute atomic E-state index is 0.594. The Morgan fingerprint density at radius 2 is 1.00 bits per heavy atom. The molecule has 0 saturated carbocycles. The predicted molar refractivity (Wildman–Crippen MR) is 86.4 cm³/mol. The van der Waals surface area contributed by atoms with Crippen LogP contribution in [0.3, 0.4) is 0 Å². The number of isocyanates is 2. The minimum Gasteiger partial charge on any atom is -0.211 e. The molecule has 4 nitrogen and oxygen atoms in total. The molecule has 2 rings (SSSR count). The first-order chi connectivity index (χ1) is 10.5. The zero-order valence-corrected chi connectivity index (χ0v) is 13.0. The SMILES string of the molecule is Cc1cc(C)c(-c2cc(N=C=O)c(C)cc2C)cc1N=C=O. The normalized spacial score (nSPS) is 9.82. The van der Waals surface area contributed by atoms with Crippen molar-refractivity contribution in [2.24, 2.45) is 9.98 Å². The van der Waals surface area contributed by atoms with Gasteiger partial charge in [0.25, 0.3) is 0 Å². The molecule has 0 N–H and O–H groups in total. The van der Waals surface area contributed by atoms with Gasteiger partial charge in [0.2, 0.25) is 12.2 Å². The van der Waals surface area contributed by atoms with Gasteiger partial charge in [-0.3, -0.25) is 0 Å². The van der Waals surface area contributed by atoms with Crippen LogP contribution >= 0.6 is 0 Å². The average Bonchev–Trinajstić information content (AvgIpc) is 2.45. The van der Waals surface area contributed by atoms with Crippen LogP contribution in [0, 0.1) is 27.7 Å². The number of aliphatic imine (C=N–C) groups is 2. The lowest BCUT2D eigenvalue weighted by Crippen LogP contribution is -1.90. The Hall–Kier alpha value is -2.80. The number of hydrogen-bond acceptors (Lipinski definition) is 4. The molecule has 0 aliphatic heterocycles. The van der Waals surface area contributed by atoms with E-state index in [2.05, 4.69) is 9.98 Å². The fourth-order valence-electron chi connectivity index (χ4n) is 2.60. The predicted octanol–water partition coefficient (Wildman–Crippen LogP) is 4.52. The van der Waals surface area contributed by atoms with Crippen molar-refractivity contribution in [3.8, 4) is 11.1 Å². The topological polar surface area (TPSA) is 58.9 Å². The second-order valence-electron chi connectivity index (χ2n) is 5.31. The van der Waals surface area contributed by atoms with E-state index in [9.17, 15) is 9.59 Å². The Morgan fingerprint density at radius 1 is 0.636 bits per heavy atom. The molecule has 2 aromatic carbocycles. The Morgan fingerprint density at radius 3 is 1.32 bits per heavy atom.